The number of fused-ring (bicyclic) bond motifs is 1. The van der Waals surface area contributed by atoms with E-state index in [0.717, 1.165) is 0 Å². The normalized spacial score (nSPS) is 11.5. The summed E-state index contributed by atoms with van der Waals surface area (Å²) in [5.41, 5.74) is 1.55. The summed E-state index contributed by atoms with van der Waals surface area (Å²) < 4.78 is 39.4. The number of sulfonamides is 1. The Hall–Kier alpha value is -3.00. The van der Waals surface area contributed by atoms with E-state index in [4.69, 9.17) is 32.4 Å². The first kappa shape index (κ1) is 22.2. The van der Waals surface area contributed by atoms with Gasteiger partial charge in [-0.2, -0.15) is 0 Å². The SMILES string of the molecule is CCOC(=O)c1c(-c2ccccc2)oc2ccc(NS(=O)(=O)c3cc(Cl)ccc3Cl)cc12. The molecule has 0 saturated heterocycles. The van der Waals surface area contributed by atoms with Crippen LogP contribution in [0.2, 0.25) is 10.0 Å². The number of carbonyl (C=O) groups is 1. The Morgan fingerprint density at radius 3 is 2.50 bits per heavy atom. The number of hydrogen-bond acceptors (Lipinski definition) is 5. The van der Waals surface area contributed by atoms with Gasteiger partial charge in [0.15, 0.2) is 0 Å². The molecule has 0 aliphatic rings. The molecule has 164 valence electrons. The number of nitrogens with one attached hydrogen (secondary N) is 1. The highest BCUT2D eigenvalue weighted by Gasteiger charge is 2.25. The van der Waals surface area contributed by atoms with Gasteiger partial charge in [-0.15, -0.1) is 0 Å². The predicted molar refractivity (Wildman–Crippen MR) is 125 cm³/mol. The van der Waals surface area contributed by atoms with E-state index in [1.54, 1.807) is 13.0 Å². The lowest BCUT2D eigenvalue weighted by atomic mass is 10.1. The first-order valence-electron chi connectivity index (χ1n) is 9.57. The maximum atomic E-state index is 12.9. The van der Waals surface area contributed by atoms with Crippen LogP contribution < -0.4 is 4.72 Å². The molecule has 0 atom stereocenters. The second kappa shape index (κ2) is 8.86. The molecule has 4 rings (SSSR count). The molecule has 4 aromatic rings. The highest BCUT2D eigenvalue weighted by Crippen LogP contribution is 2.36. The Morgan fingerprint density at radius 1 is 1.03 bits per heavy atom. The zero-order valence-electron chi connectivity index (χ0n) is 16.8. The molecule has 0 aliphatic heterocycles. The minimum atomic E-state index is -4.04. The summed E-state index contributed by atoms with van der Waals surface area (Å²) in [5.74, 6) is -0.222. The van der Waals surface area contributed by atoms with Crippen LogP contribution in [0.1, 0.15) is 17.3 Å². The zero-order valence-corrected chi connectivity index (χ0v) is 19.1. The number of hydrogen-bond donors (Lipinski definition) is 1. The smallest absolute Gasteiger partial charge is 0.342 e. The van der Waals surface area contributed by atoms with Crippen LogP contribution in [-0.2, 0) is 14.8 Å². The number of carbonyl (C=O) groups excluding carboxylic acids is 1. The van der Waals surface area contributed by atoms with E-state index in [2.05, 4.69) is 4.72 Å². The number of halogens is 2. The van der Waals surface area contributed by atoms with Gasteiger partial charge in [0.1, 0.15) is 21.8 Å². The average Bonchev–Trinajstić information content (AvgIpc) is 3.15. The fraction of sp³-hybridized carbons (Fsp3) is 0.0870. The third-order valence-electron chi connectivity index (χ3n) is 4.64. The summed E-state index contributed by atoms with van der Waals surface area (Å²) in [6, 6.07) is 17.9. The van der Waals surface area contributed by atoms with E-state index in [9.17, 15) is 13.2 Å². The summed E-state index contributed by atoms with van der Waals surface area (Å²) in [4.78, 5) is 12.6. The summed E-state index contributed by atoms with van der Waals surface area (Å²) in [6.07, 6.45) is 0. The molecule has 32 heavy (non-hydrogen) atoms. The molecule has 0 spiro atoms. The number of ether oxygens (including phenoxy) is 1. The first-order chi connectivity index (χ1) is 15.3. The van der Waals surface area contributed by atoms with Gasteiger partial charge in [-0.1, -0.05) is 53.5 Å². The minimum absolute atomic E-state index is 0.0323. The topological polar surface area (TPSA) is 85.6 Å². The third kappa shape index (κ3) is 4.32. The highest BCUT2D eigenvalue weighted by atomic mass is 35.5. The quantitative estimate of drug-likeness (QED) is 0.317. The van der Waals surface area contributed by atoms with Crippen LogP contribution in [0.15, 0.2) is 76.0 Å². The standard InChI is InChI=1S/C23H17Cl2NO5S/c1-2-30-23(27)21-17-13-16(26-32(28,29)20-12-15(24)8-10-18(20)25)9-11-19(17)31-22(21)14-6-4-3-5-7-14/h3-13,26H,2H2,1H3. The Labute approximate surface area is 194 Å². The molecule has 0 saturated carbocycles. The molecule has 9 heteroatoms. The number of anilines is 1. The van der Waals surface area contributed by atoms with E-state index in [-0.39, 0.29) is 32.8 Å². The number of esters is 1. The molecule has 1 aromatic heterocycles. The van der Waals surface area contributed by atoms with E-state index in [1.165, 1.54) is 30.3 Å². The molecule has 0 unspecified atom stereocenters. The molecular weight excluding hydrogens is 473 g/mol. The molecule has 6 nitrogen and oxygen atoms in total. The third-order valence-corrected chi connectivity index (χ3v) is 6.74. The van der Waals surface area contributed by atoms with E-state index in [0.29, 0.717) is 22.3 Å². The second-order valence-corrected chi connectivity index (χ2v) is 9.28. The van der Waals surface area contributed by atoms with Crippen molar-refractivity contribution < 1.29 is 22.4 Å². The maximum absolute atomic E-state index is 12.9. The van der Waals surface area contributed by atoms with Gasteiger partial charge in [-0.25, -0.2) is 13.2 Å². The van der Waals surface area contributed by atoms with Gasteiger partial charge in [0, 0.05) is 21.7 Å². The minimum Gasteiger partial charge on any atom is -0.462 e. The van der Waals surface area contributed by atoms with Gasteiger partial charge in [-0.05, 0) is 43.3 Å². The molecule has 1 heterocycles. The summed E-state index contributed by atoms with van der Waals surface area (Å²) >= 11 is 12.0. The monoisotopic (exact) mass is 489 g/mol. The highest BCUT2D eigenvalue weighted by molar-refractivity contribution is 7.92. The van der Waals surface area contributed by atoms with E-state index >= 15 is 0 Å². The van der Waals surface area contributed by atoms with Crippen molar-refractivity contribution in [1.29, 1.82) is 0 Å². The van der Waals surface area contributed by atoms with Crippen molar-refractivity contribution in [3.8, 4) is 11.3 Å². The molecule has 0 bridgehead atoms. The predicted octanol–water partition coefficient (Wildman–Crippen LogP) is 6.38. The second-order valence-electron chi connectivity index (χ2n) is 6.78. The van der Waals surface area contributed by atoms with Crippen molar-refractivity contribution in [3.05, 3.63) is 82.3 Å². The Morgan fingerprint density at radius 2 is 1.78 bits per heavy atom. The number of rotatable bonds is 6. The van der Waals surface area contributed by atoms with Gasteiger partial charge in [0.2, 0.25) is 0 Å². The van der Waals surface area contributed by atoms with Crippen LogP contribution in [0.3, 0.4) is 0 Å². The van der Waals surface area contributed by atoms with Crippen LogP contribution in [0, 0.1) is 0 Å². The van der Waals surface area contributed by atoms with Crippen molar-refractivity contribution in [2.75, 3.05) is 11.3 Å². The van der Waals surface area contributed by atoms with Crippen LogP contribution in [0.25, 0.3) is 22.3 Å². The molecule has 1 N–H and O–H groups in total. The van der Waals surface area contributed by atoms with Crippen LogP contribution in [-0.4, -0.2) is 21.0 Å². The van der Waals surface area contributed by atoms with Crippen molar-refractivity contribution in [3.63, 3.8) is 0 Å². The molecule has 0 aliphatic carbocycles. The Bertz CT molecular complexity index is 1420. The molecule has 0 radical (unpaired) electrons. The van der Waals surface area contributed by atoms with Gasteiger partial charge >= 0.3 is 5.97 Å². The van der Waals surface area contributed by atoms with Crippen LogP contribution in [0.4, 0.5) is 5.69 Å². The molecule has 0 fully saturated rings. The Kier molecular flexibility index (Phi) is 6.15. The number of furan rings is 1. The van der Waals surface area contributed by atoms with Crippen LogP contribution in [0.5, 0.6) is 0 Å². The lowest BCUT2D eigenvalue weighted by Crippen LogP contribution is -2.13. The maximum Gasteiger partial charge on any atom is 0.342 e. The first-order valence-corrected chi connectivity index (χ1v) is 11.8. The fourth-order valence-electron chi connectivity index (χ4n) is 3.25. The molecular formula is C23H17Cl2NO5S. The zero-order chi connectivity index (χ0) is 22.9. The van der Waals surface area contributed by atoms with Crippen molar-refractivity contribution >= 4 is 55.9 Å². The average molecular weight is 490 g/mol. The number of benzene rings is 3. The largest absolute Gasteiger partial charge is 0.462 e. The molecule has 0 amide bonds. The fourth-order valence-corrected chi connectivity index (χ4v) is 5.07. The van der Waals surface area contributed by atoms with Crippen molar-refractivity contribution in [2.24, 2.45) is 0 Å². The van der Waals surface area contributed by atoms with Gasteiger partial charge in [0.05, 0.1) is 11.6 Å². The summed E-state index contributed by atoms with van der Waals surface area (Å²) in [7, 11) is -4.04. The van der Waals surface area contributed by atoms with Gasteiger partial charge < -0.3 is 9.15 Å². The lowest BCUT2D eigenvalue weighted by Gasteiger charge is -2.10. The molecule has 3 aromatic carbocycles. The van der Waals surface area contributed by atoms with E-state index in [1.807, 2.05) is 30.3 Å². The Balaban J connectivity index is 1.82. The van der Waals surface area contributed by atoms with Crippen molar-refractivity contribution in [1.82, 2.24) is 0 Å². The summed E-state index contributed by atoms with van der Waals surface area (Å²) in [6.45, 7) is 1.88. The van der Waals surface area contributed by atoms with Crippen LogP contribution >= 0.6 is 23.2 Å². The summed E-state index contributed by atoms with van der Waals surface area (Å²) in [5, 5.41) is 0.682. The lowest BCUT2D eigenvalue weighted by molar-refractivity contribution is 0.0528. The van der Waals surface area contributed by atoms with Crippen molar-refractivity contribution in [2.45, 2.75) is 11.8 Å². The van der Waals surface area contributed by atoms with Gasteiger partial charge in [0.25, 0.3) is 10.0 Å². The van der Waals surface area contributed by atoms with Gasteiger partial charge in [-0.3, -0.25) is 4.72 Å². The van der Waals surface area contributed by atoms with E-state index < -0.39 is 16.0 Å².